The highest BCUT2D eigenvalue weighted by Crippen LogP contribution is 2.47. The SMILES string of the molecule is ICC1OC12CCCCCC2. The molecule has 0 amide bonds. The summed E-state index contributed by atoms with van der Waals surface area (Å²) in [6.45, 7) is 0. The molecule has 1 nitrogen and oxygen atoms in total. The van der Waals surface area contributed by atoms with Gasteiger partial charge in [-0.2, -0.15) is 0 Å². The second-order valence-corrected chi connectivity index (χ2v) is 4.62. The van der Waals surface area contributed by atoms with Crippen LogP contribution in [-0.2, 0) is 4.74 Å². The van der Waals surface area contributed by atoms with E-state index in [0.29, 0.717) is 11.7 Å². The van der Waals surface area contributed by atoms with Gasteiger partial charge < -0.3 is 4.74 Å². The molecule has 0 bridgehead atoms. The second kappa shape index (κ2) is 3.21. The van der Waals surface area contributed by atoms with Crippen molar-refractivity contribution in [3.63, 3.8) is 0 Å². The van der Waals surface area contributed by atoms with E-state index < -0.39 is 0 Å². The molecule has 64 valence electrons. The van der Waals surface area contributed by atoms with Crippen molar-refractivity contribution in [1.29, 1.82) is 0 Å². The summed E-state index contributed by atoms with van der Waals surface area (Å²) >= 11 is 2.44. The lowest BCUT2D eigenvalue weighted by molar-refractivity contribution is 0.272. The van der Waals surface area contributed by atoms with Crippen LogP contribution in [0.5, 0.6) is 0 Å². The third-order valence-corrected chi connectivity index (χ3v) is 3.80. The number of alkyl halides is 1. The lowest BCUT2D eigenvalue weighted by Crippen LogP contribution is -2.14. The quantitative estimate of drug-likeness (QED) is 0.404. The van der Waals surface area contributed by atoms with E-state index >= 15 is 0 Å². The minimum Gasteiger partial charge on any atom is -0.365 e. The second-order valence-electron chi connectivity index (χ2n) is 3.74. The third-order valence-electron chi connectivity index (χ3n) is 3.00. The Morgan fingerprint density at radius 1 is 1.18 bits per heavy atom. The molecule has 1 aliphatic carbocycles. The highest BCUT2D eigenvalue weighted by atomic mass is 127. The molecule has 11 heavy (non-hydrogen) atoms. The maximum atomic E-state index is 5.77. The zero-order valence-electron chi connectivity index (χ0n) is 6.81. The Balaban J connectivity index is 1.92. The summed E-state index contributed by atoms with van der Waals surface area (Å²) in [5.41, 5.74) is 0.373. The molecule has 2 fully saturated rings. The summed E-state index contributed by atoms with van der Waals surface area (Å²) in [7, 11) is 0. The standard InChI is InChI=1S/C9H15IO/c10-7-8-9(11-8)5-3-1-2-4-6-9/h8H,1-7H2. The number of hydrogen-bond donors (Lipinski definition) is 0. The van der Waals surface area contributed by atoms with Crippen molar-refractivity contribution in [3.8, 4) is 0 Å². The first kappa shape index (κ1) is 8.30. The highest BCUT2D eigenvalue weighted by Gasteiger charge is 2.54. The lowest BCUT2D eigenvalue weighted by atomic mass is 9.97. The molecule has 1 aliphatic heterocycles. The van der Waals surface area contributed by atoms with Gasteiger partial charge in [0.05, 0.1) is 11.7 Å². The summed E-state index contributed by atoms with van der Waals surface area (Å²) in [6, 6.07) is 0. The average Bonchev–Trinajstić information content (AvgIpc) is 2.76. The van der Waals surface area contributed by atoms with Crippen molar-refractivity contribution < 1.29 is 4.74 Å². The normalized spacial score (nSPS) is 35.2. The van der Waals surface area contributed by atoms with E-state index in [2.05, 4.69) is 22.6 Å². The van der Waals surface area contributed by atoms with Crippen molar-refractivity contribution >= 4 is 22.6 Å². The number of hydrogen-bond acceptors (Lipinski definition) is 1. The first-order valence-corrected chi connectivity index (χ1v) is 6.14. The molecule has 2 rings (SSSR count). The molecule has 1 atom stereocenters. The molecule has 1 saturated carbocycles. The van der Waals surface area contributed by atoms with Crippen molar-refractivity contribution in [2.24, 2.45) is 0 Å². The molecule has 2 aliphatic rings. The van der Waals surface area contributed by atoms with E-state index in [0.717, 1.165) is 0 Å². The van der Waals surface area contributed by atoms with E-state index in [9.17, 15) is 0 Å². The predicted octanol–water partition coefficient (Wildman–Crippen LogP) is 2.91. The average molecular weight is 266 g/mol. The van der Waals surface area contributed by atoms with E-state index in [-0.39, 0.29) is 0 Å². The summed E-state index contributed by atoms with van der Waals surface area (Å²) < 4.78 is 6.96. The van der Waals surface area contributed by atoms with Gasteiger partial charge in [0.25, 0.3) is 0 Å². The van der Waals surface area contributed by atoms with E-state index in [1.165, 1.54) is 43.0 Å². The molecule has 0 aromatic carbocycles. The van der Waals surface area contributed by atoms with Crippen LogP contribution in [-0.4, -0.2) is 16.1 Å². The van der Waals surface area contributed by atoms with Gasteiger partial charge in [-0.3, -0.25) is 0 Å². The van der Waals surface area contributed by atoms with Crippen LogP contribution in [0.3, 0.4) is 0 Å². The maximum Gasteiger partial charge on any atom is 0.0962 e. The number of rotatable bonds is 1. The van der Waals surface area contributed by atoms with Crippen LogP contribution in [0.15, 0.2) is 0 Å². The van der Waals surface area contributed by atoms with Gasteiger partial charge in [0.1, 0.15) is 0 Å². The van der Waals surface area contributed by atoms with Crippen molar-refractivity contribution in [2.75, 3.05) is 4.43 Å². The van der Waals surface area contributed by atoms with E-state index in [1.54, 1.807) is 0 Å². The molecule has 1 heterocycles. The Hall–Kier alpha value is 0.690. The van der Waals surface area contributed by atoms with E-state index in [1.807, 2.05) is 0 Å². The lowest BCUT2D eigenvalue weighted by Gasteiger charge is -2.06. The molecule has 0 aromatic heterocycles. The summed E-state index contributed by atoms with van der Waals surface area (Å²) in [4.78, 5) is 0. The third kappa shape index (κ3) is 1.57. The van der Waals surface area contributed by atoms with Gasteiger partial charge in [0.15, 0.2) is 0 Å². The molecule has 2 heteroatoms. The Morgan fingerprint density at radius 3 is 2.27 bits per heavy atom. The van der Waals surface area contributed by atoms with Crippen LogP contribution in [0.1, 0.15) is 38.5 Å². The molecule has 1 saturated heterocycles. The minimum absolute atomic E-state index is 0.373. The minimum atomic E-state index is 0.373. The molecule has 0 N–H and O–H groups in total. The van der Waals surface area contributed by atoms with Gasteiger partial charge in [0.2, 0.25) is 0 Å². The van der Waals surface area contributed by atoms with Gasteiger partial charge in [-0.05, 0) is 12.8 Å². The molecule has 0 aromatic rings. The van der Waals surface area contributed by atoms with Crippen LogP contribution < -0.4 is 0 Å². The van der Waals surface area contributed by atoms with Crippen LogP contribution in [0.2, 0.25) is 0 Å². The first-order valence-electron chi connectivity index (χ1n) is 4.61. The van der Waals surface area contributed by atoms with Crippen LogP contribution in [0, 0.1) is 0 Å². The van der Waals surface area contributed by atoms with Gasteiger partial charge in [0, 0.05) is 4.43 Å². The van der Waals surface area contributed by atoms with Crippen molar-refractivity contribution in [1.82, 2.24) is 0 Å². The first-order chi connectivity index (χ1) is 5.37. The van der Waals surface area contributed by atoms with Crippen LogP contribution >= 0.6 is 22.6 Å². The highest BCUT2D eigenvalue weighted by molar-refractivity contribution is 14.1. The number of epoxide rings is 1. The van der Waals surface area contributed by atoms with Gasteiger partial charge in [-0.15, -0.1) is 0 Å². The number of halogens is 1. The zero-order chi connectivity index (χ0) is 7.73. The molecule has 0 radical (unpaired) electrons. The fraction of sp³-hybridized carbons (Fsp3) is 1.00. The van der Waals surface area contributed by atoms with Crippen molar-refractivity contribution in [2.45, 2.75) is 50.2 Å². The number of ether oxygens (including phenoxy) is 1. The summed E-state index contributed by atoms with van der Waals surface area (Å²) in [5.74, 6) is 0. The smallest absolute Gasteiger partial charge is 0.0962 e. The monoisotopic (exact) mass is 266 g/mol. The Morgan fingerprint density at radius 2 is 1.82 bits per heavy atom. The Bertz CT molecular complexity index is 138. The van der Waals surface area contributed by atoms with Crippen LogP contribution in [0.4, 0.5) is 0 Å². The topological polar surface area (TPSA) is 12.5 Å². The molecule has 1 spiro atoms. The van der Waals surface area contributed by atoms with Gasteiger partial charge in [-0.1, -0.05) is 48.3 Å². The van der Waals surface area contributed by atoms with Gasteiger partial charge >= 0.3 is 0 Å². The summed E-state index contributed by atoms with van der Waals surface area (Å²) in [5, 5.41) is 0. The largest absolute Gasteiger partial charge is 0.365 e. The summed E-state index contributed by atoms with van der Waals surface area (Å²) in [6.07, 6.45) is 8.93. The van der Waals surface area contributed by atoms with Crippen LogP contribution in [0.25, 0.3) is 0 Å². The zero-order valence-corrected chi connectivity index (χ0v) is 8.97. The van der Waals surface area contributed by atoms with Crippen molar-refractivity contribution in [3.05, 3.63) is 0 Å². The van der Waals surface area contributed by atoms with E-state index in [4.69, 9.17) is 4.74 Å². The predicted molar refractivity (Wildman–Crippen MR) is 54.2 cm³/mol. The fourth-order valence-electron chi connectivity index (χ4n) is 2.19. The maximum absolute atomic E-state index is 5.77. The fourth-order valence-corrected chi connectivity index (χ4v) is 3.17. The molecular formula is C9H15IO. The molecule has 1 unspecified atom stereocenters. The Kier molecular flexibility index (Phi) is 2.42. The Labute approximate surface area is 82.0 Å². The molecular weight excluding hydrogens is 251 g/mol. The van der Waals surface area contributed by atoms with Gasteiger partial charge in [-0.25, -0.2) is 0 Å².